The van der Waals surface area contributed by atoms with Crippen molar-refractivity contribution in [2.75, 3.05) is 0 Å². The van der Waals surface area contributed by atoms with Crippen molar-refractivity contribution < 1.29 is 4.92 Å². The Balaban J connectivity index is 1.96. The molecule has 0 saturated heterocycles. The van der Waals surface area contributed by atoms with Gasteiger partial charge in [0.2, 0.25) is 0 Å². The first-order valence-corrected chi connectivity index (χ1v) is 8.78. The lowest BCUT2D eigenvalue weighted by Crippen LogP contribution is -1.92. The molecule has 2 aromatic carbocycles. The average Bonchev–Trinajstić information content (AvgIpc) is 3.16. The van der Waals surface area contributed by atoms with E-state index in [0.29, 0.717) is 27.7 Å². The van der Waals surface area contributed by atoms with E-state index in [0.717, 1.165) is 11.1 Å². The van der Waals surface area contributed by atoms with Crippen LogP contribution in [0.1, 0.15) is 0 Å². The predicted molar refractivity (Wildman–Crippen MR) is 108 cm³/mol. The number of hydrogen-bond donors (Lipinski definition) is 0. The van der Waals surface area contributed by atoms with E-state index >= 15 is 0 Å². The number of nitro benzene ring substituents is 1. The van der Waals surface area contributed by atoms with Crippen LogP contribution < -0.4 is 0 Å². The zero-order valence-corrected chi connectivity index (χ0v) is 14.9. The maximum absolute atomic E-state index is 11.7. The molecule has 0 aliphatic rings. The molecule has 0 radical (unpaired) electrons. The van der Waals surface area contributed by atoms with E-state index in [9.17, 15) is 10.1 Å². The summed E-state index contributed by atoms with van der Waals surface area (Å²) in [6.07, 6.45) is 6.52. The van der Waals surface area contributed by atoms with Crippen molar-refractivity contribution >= 4 is 27.5 Å². The van der Waals surface area contributed by atoms with Gasteiger partial charge in [-0.05, 0) is 12.1 Å². The predicted octanol–water partition coefficient (Wildman–Crippen LogP) is 4.21. The summed E-state index contributed by atoms with van der Waals surface area (Å²) in [6.45, 7) is 0. The van der Waals surface area contributed by atoms with Gasteiger partial charge in [0.05, 0.1) is 39.6 Å². The van der Waals surface area contributed by atoms with Crippen LogP contribution in [0.3, 0.4) is 0 Å². The molecule has 8 heteroatoms. The second-order valence-electron chi connectivity index (χ2n) is 6.37. The quantitative estimate of drug-likeness (QED) is 0.341. The fourth-order valence-electron chi connectivity index (χ4n) is 3.30. The van der Waals surface area contributed by atoms with E-state index in [1.54, 1.807) is 18.6 Å². The van der Waals surface area contributed by atoms with Gasteiger partial charge in [0, 0.05) is 35.0 Å². The van der Waals surface area contributed by atoms with Crippen LogP contribution in [0.15, 0.2) is 73.3 Å². The summed E-state index contributed by atoms with van der Waals surface area (Å²) in [5.41, 5.74) is 3.45. The topological polar surface area (TPSA) is 108 Å². The van der Waals surface area contributed by atoms with Crippen molar-refractivity contribution in [3.8, 4) is 22.5 Å². The highest BCUT2D eigenvalue weighted by molar-refractivity contribution is 6.11. The molecule has 0 aliphatic heterocycles. The number of nitrogens with zero attached hydrogens (tertiary/aromatic N) is 6. The third-order valence-electron chi connectivity index (χ3n) is 4.64. The number of aromatic nitrogens is 5. The lowest BCUT2D eigenvalue weighted by Gasteiger charge is -2.04. The van der Waals surface area contributed by atoms with Crippen molar-refractivity contribution in [1.29, 1.82) is 0 Å². The van der Waals surface area contributed by atoms with Crippen LogP contribution in [-0.4, -0.2) is 30.1 Å². The molecule has 0 fully saturated rings. The molecule has 5 aromatic rings. The van der Waals surface area contributed by atoms with E-state index < -0.39 is 4.92 Å². The number of benzene rings is 2. The molecule has 0 N–H and O–H groups in total. The number of non-ortho nitro benzene ring substituents is 1. The summed E-state index contributed by atoms with van der Waals surface area (Å²) < 4.78 is 0. The highest BCUT2D eigenvalue weighted by Crippen LogP contribution is 2.35. The standard InChI is InChI=1S/C21H12N6O2/c28-27(29)18-9-15-19(13-5-2-1-3-6-13)25-17(14-7-4-8-22-10-14)12-23-20(15)16-11-24-26-21(16)18/h1-12H. The van der Waals surface area contributed by atoms with Gasteiger partial charge in [0.15, 0.2) is 5.52 Å². The van der Waals surface area contributed by atoms with Crippen LogP contribution in [0.2, 0.25) is 0 Å². The number of pyridine rings is 1. The highest BCUT2D eigenvalue weighted by atomic mass is 16.6. The first-order valence-electron chi connectivity index (χ1n) is 8.78. The van der Waals surface area contributed by atoms with Crippen LogP contribution in [0.5, 0.6) is 0 Å². The van der Waals surface area contributed by atoms with E-state index in [2.05, 4.69) is 20.2 Å². The smallest absolute Gasteiger partial charge is 0.264 e. The number of fused-ring (bicyclic) bond motifs is 3. The summed E-state index contributed by atoms with van der Waals surface area (Å²) in [6, 6.07) is 14.7. The molecule has 138 valence electrons. The minimum absolute atomic E-state index is 0.125. The van der Waals surface area contributed by atoms with Gasteiger partial charge in [-0.3, -0.25) is 20.1 Å². The van der Waals surface area contributed by atoms with Crippen LogP contribution in [-0.2, 0) is 0 Å². The van der Waals surface area contributed by atoms with E-state index in [1.807, 2.05) is 42.5 Å². The first-order chi connectivity index (χ1) is 14.2. The van der Waals surface area contributed by atoms with Crippen molar-refractivity contribution in [1.82, 2.24) is 25.1 Å². The van der Waals surface area contributed by atoms with Crippen molar-refractivity contribution in [2.45, 2.75) is 0 Å². The Labute approximate surface area is 164 Å². The molecule has 3 heterocycles. The normalized spacial score (nSPS) is 11.0. The van der Waals surface area contributed by atoms with E-state index in [-0.39, 0.29) is 11.2 Å². The molecule has 0 saturated carbocycles. The summed E-state index contributed by atoms with van der Waals surface area (Å²) in [7, 11) is 0. The van der Waals surface area contributed by atoms with Gasteiger partial charge >= 0.3 is 0 Å². The molecule has 0 bridgehead atoms. The zero-order chi connectivity index (χ0) is 19.8. The first kappa shape index (κ1) is 16.8. The van der Waals surface area contributed by atoms with Crippen molar-refractivity contribution in [3.05, 3.63) is 83.4 Å². The molecule has 0 atom stereocenters. The molecule has 0 aliphatic carbocycles. The van der Waals surface area contributed by atoms with Crippen molar-refractivity contribution in [2.24, 2.45) is 0 Å². The summed E-state index contributed by atoms with van der Waals surface area (Å²) >= 11 is 0. The van der Waals surface area contributed by atoms with Gasteiger partial charge in [-0.1, -0.05) is 30.3 Å². The Morgan fingerprint density at radius 2 is 1.69 bits per heavy atom. The van der Waals surface area contributed by atoms with Gasteiger partial charge < -0.3 is 0 Å². The third-order valence-corrected chi connectivity index (χ3v) is 4.64. The minimum Gasteiger partial charge on any atom is -0.264 e. The second-order valence-corrected chi connectivity index (χ2v) is 6.37. The zero-order valence-electron chi connectivity index (χ0n) is 14.9. The Kier molecular flexibility index (Phi) is 3.87. The lowest BCUT2D eigenvalue weighted by atomic mass is 10.0. The number of hydrogen-bond acceptors (Lipinski definition) is 7. The maximum atomic E-state index is 11.7. The molecule has 5 rings (SSSR count). The molecule has 3 aromatic heterocycles. The number of rotatable bonds is 3. The van der Waals surface area contributed by atoms with E-state index in [4.69, 9.17) is 4.98 Å². The Morgan fingerprint density at radius 3 is 2.45 bits per heavy atom. The molecule has 8 nitrogen and oxygen atoms in total. The lowest BCUT2D eigenvalue weighted by molar-refractivity contribution is -0.383. The average molecular weight is 380 g/mol. The monoisotopic (exact) mass is 380 g/mol. The van der Waals surface area contributed by atoms with Crippen LogP contribution >= 0.6 is 0 Å². The fourth-order valence-corrected chi connectivity index (χ4v) is 3.30. The summed E-state index contributed by atoms with van der Waals surface area (Å²) in [5.74, 6) is 0. The molecular weight excluding hydrogens is 368 g/mol. The SMILES string of the molecule is O=[N+]([O-])c1cc2c(-c3ccccc3)nc(-c3cccnc3)cnc2c2cnnc12. The van der Waals surface area contributed by atoms with Gasteiger partial charge in [0.25, 0.3) is 5.69 Å². The number of nitro groups is 1. The van der Waals surface area contributed by atoms with Gasteiger partial charge in [-0.25, -0.2) is 4.98 Å². The van der Waals surface area contributed by atoms with Crippen LogP contribution in [0.25, 0.3) is 44.3 Å². The summed E-state index contributed by atoms with van der Waals surface area (Å²) in [4.78, 5) is 24.8. The Hall–Kier alpha value is -4.33. The molecular formula is C21H12N6O2. The summed E-state index contributed by atoms with van der Waals surface area (Å²) in [5, 5.41) is 20.5. The fraction of sp³-hybridized carbons (Fsp3) is 0. The third kappa shape index (κ3) is 2.83. The van der Waals surface area contributed by atoms with Gasteiger partial charge in [-0.2, -0.15) is 5.10 Å². The van der Waals surface area contributed by atoms with Crippen LogP contribution in [0.4, 0.5) is 5.69 Å². The minimum atomic E-state index is -0.458. The van der Waals surface area contributed by atoms with Gasteiger partial charge in [-0.15, -0.1) is 5.10 Å². The van der Waals surface area contributed by atoms with E-state index in [1.165, 1.54) is 12.3 Å². The highest BCUT2D eigenvalue weighted by Gasteiger charge is 2.21. The Bertz CT molecular complexity index is 1370. The Morgan fingerprint density at radius 1 is 0.862 bits per heavy atom. The molecule has 0 unspecified atom stereocenters. The van der Waals surface area contributed by atoms with Gasteiger partial charge in [0.1, 0.15) is 0 Å². The molecule has 0 amide bonds. The molecule has 29 heavy (non-hydrogen) atoms. The van der Waals surface area contributed by atoms with Crippen molar-refractivity contribution in [3.63, 3.8) is 0 Å². The largest absolute Gasteiger partial charge is 0.298 e. The maximum Gasteiger partial charge on any atom is 0.298 e. The second kappa shape index (κ2) is 6.68. The molecule has 0 spiro atoms. The van der Waals surface area contributed by atoms with Crippen LogP contribution in [0, 0.1) is 10.1 Å².